The summed E-state index contributed by atoms with van der Waals surface area (Å²) in [7, 11) is 0. The number of halogens is 4. The first-order chi connectivity index (χ1) is 22.2. The molecule has 0 spiro atoms. The summed E-state index contributed by atoms with van der Waals surface area (Å²) in [5, 5.41) is 8.85. The van der Waals surface area contributed by atoms with E-state index >= 15 is 0 Å². The number of Topliss-reactive ketones (excluding diaryl/α,β-unsaturated/α-hetero) is 1. The molecule has 17 heteroatoms. The van der Waals surface area contributed by atoms with Crippen LogP contribution in [0.5, 0.6) is 0 Å². The van der Waals surface area contributed by atoms with Crippen LogP contribution in [0.25, 0.3) is 0 Å². The fourth-order valence-electron chi connectivity index (χ4n) is 7.23. The van der Waals surface area contributed by atoms with Crippen LogP contribution in [0.4, 0.5) is 18.9 Å². The molecule has 4 fully saturated rings. The Kier molecular flexibility index (Phi) is 10.5. The van der Waals surface area contributed by atoms with E-state index in [0.29, 0.717) is 11.8 Å². The van der Waals surface area contributed by atoms with Crippen molar-refractivity contribution >= 4 is 62.4 Å². The van der Waals surface area contributed by atoms with Gasteiger partial charge in [0, 0.05) is 25.2 Å². The average Bonchev–Trinajstić information content (AvgIpc) is 3.41. The van der Waals surface area contributed by atoms with Gasteiger partial charge in [-0.3, -0.25) is 28.8 Å². The number of thiazole rings is 1. The number of carbonyl (C=O) groups excluding carboxylic acids is 5. The summed E-state index contributed by atoms with van der Waals surface area (Å²) >= 11 is 2.88. The molecule has 0 aliphatic heterocycles. The molecule has 0 saturated heterocycles. The SMILES string of the molecule is CCNC(=O)C(=O)CC[C@H](NC(=O)c1sc(C(F)(F)F)nc1Br)C(=O)Nc1cccn(CC(=O)NC2C3CC4CC(C3)CC2C4)c1=O. The van der Waals surface area contributed by atoms with Crippen LogP contribution in [0, 0.1) is 23.7 Å². The maximum Gasteiger partial charge on any atom is 0.443 e. The number of pyridine rings is 1. The van der Waals surface area contributed by atoms with Gasteiger partial charge in [-0.2, -0.15) is 13.2 Å². The Labute approximate surface area is 279 Å². The van der Waals surface area contributed by atoms with Gasteiger partial charge < -0.3 is 25.8 Å². The summed E-state index contributed by atoms with van der Waals surface area (Å²) in [6.07, 6.45) is 1.38. The number of ketones is 1. The normalized spacial score (nSPS) is 23.6. The summed E-state index contributed by atoms with van der Waals surface area (Å²) in [5.74, 6) is -1.83. The molecule has 4 N–H and O–H groups in total. The van der Waals surface area contributed by atoms with E-state index in [4.69, 9.17) is 0 Å². The van der Waals surface area contributed by atoms with E-state index in [1.165, 1.54) is 24.8 Å². The Morgan fingerprint density at radius 1 is 1.09 bits per heavy atom. The number of rotatable bonds is 12. The number of aromatic nitrogens is 2. The Bertz CT molecular complexity index is 1600. The number of nitrogens with zero attached hydrogens (tertiary/aromatic N) is 2. The van der Waals surface area contributed by atoms with Crippen LogP contribution >= 0.6 is 27.3 Å². The van der Waals surface area contributed by atoms with Crippen LogP contribution in [-0.4, -0.2) is 57.6 Å². The molecule has 4 bridgehead atoms. The number of anilines is 1. The first-order valence-electron chi connectivity index (χ1n) is 15.4. The van der Waals surface area contributed by atoms with E-state index in [2.05, 4.69) is 42.2 Å². The number of carbonyl (C=O) groups is 5. The minimum absolute atomic E-state index is 0.0489. The molecule has 6 rings (SSSR count). The highest BCUT2D eigenvalue weighted by atomic mass is 79.9. The van der Waals surface area contributed by atoms with Gasteiger partial charge in [-0.05, 0) is 97.2 Å². The molecule has 0 unspecified atom stereocenters. The molecule has 12 nitrogen and oxygen atoms in total. The quantitative estimate of drug-likeness (QED) is 0.242. The standard InChI is InChI=1S/C30H34BrF3N6O6S/c1-2-35-26(44)20(41)6-5-18(36-27(45)23-24(31)39-29(47-23)30(32,33)34)25(43)37-19-4-3-7-40(28(19)46)13-21(42)38-22-16-9-14-8-15(11-16)12-17(22)10-14/h3-4,7,14-18,22H,2,5-6,8-13H2,1H3,(H,35,44)(H,36,45)(H,37,43)(H,38,42)/t14?,15?,16?,17?,18-,22?/m0/s1. The third-order valence-corrected chi connectivity index (χ3v) is 11.0. The van der Waals surface area contributed by atoms with E-state index in [1.54, 1.807) is 6.92 Å². The molecule has 0 radical (unpaired) electrons. The molecule has 1 atom stereocenters. The molecule has 4 aliphatic carbocycles. The van der Waals surface area contributed by atoms with Crippen molar-refractivity contribution in [2.24, 2.45) is 23.7 Å². The van der Waals surface area contributed by atoms with Crippen LogP contribution in [0.1, 0.15) is 66.5 Å². The second kappa shape index (κ2) is 14.3. The number of alkyl halides is 3. The van der Waals surface area contributed by atoms with Crippen LogP contribution < -0.4 is 26.8 Å². The maximum atomic E-state index is 13.4. The zero-order valence-electron chi connectivity index (χ0n) is 25.3. The van der Waals surface area contributed by atoms with Crippen molar-refractivity contribution in [2.75, 3.05) is 11.9 Å². The van der Waals surface area contributed by atoms with E-state index in [9.17, 15) is 41.9 Å². The smallest absolute Gasteiger partial charge is 0.351 e. The molecule has 2 heterocycles. The Morgan fingerprint density at radius 3 is 2.34 bits per heavy atom. The van der Waals surface area contributed by atoms with Crippen molar-refractivity contribution in [1.29, 1.82) is 0 Å². The zero-order valence-corrected chi connectivity index (χ0v) is 27.7. The lowest BCUT2D eigenvalue weighted by molar-refractivity contribution is -0.138. The number of likely N-dealkylation sites (N-methyl/N-ethyl adjacent to an activating group) is 1. The molecule has 2 aromatic rings. The summed E-state index contributed by atoms with van der Waals surface area (Å²) in [5.41, 5.74) is -0.933. The highest BCUT2D eigenvalue weighted by molar-refractivity contribution is 9.10. The third kappa shape index (κ3) is 8.11. The Morgan fingerprint density at radius 2 is 1.74 bits per heavy atom. The number of amides is 4. The lowest BCUT2D eigenvalue weighted by Gasteiger charge is -2.54. The topological polar surface area (TPSA) is 168 Å². The van der Waals surface area contributed by atoms with Crippen molar-refractivity contribution in [3.63, 3.8) is 0 Å². The molecule has 254 valence electrons. The molecular formula is C30H34BrF3N6O6S. The summed E-state index contributed by atoms with van der Waals surface area (Å²) in [4.78, 5) is 79.7. The molecule has 4 saturated carbocycles. The van der Waals surface area contributed by atoms with E-state index in [-0.39, 0.29) is 42.1 Å². The van der Waals surface area contributed by atoms with Gasteiger partial charge in [0.15, 0.2) is 5.01 Å². The predicted octanol–water partition coefficient (Wildman–Crippen LogP) is 3.25. The van der Waals surface area contributed by atoms with Crippen molar-refractivity contribution in [3.8, 4) is 0 Å². The zero-order chi connectivity index (χ0) is 34.0. The van der Waals surface area contributed by atoms with Crippen LogP contribution in [-0.2, 0) is 31.9 Å². The van der Waals surface area contributed by atoms with Gasteiger partial charge in [0.2, 0.25) is 17.6 Å². The maximum absolute atomic E-state index is 13.4. The molecule has 4 amide bonds. The molecular weight excluding hydrogens is 709 g/mol. The Hall–Kier alpha value is -3.60. The van der Waals surface area contributed by atoms with Crippen molar-refractivity contribution < 1.29 is 37.1 Å². The first-order valence-corrected chi connectivity index (χ1v) is 17.0. The summed E-state index contributed by atoms with van der Waals surface area (Å²) < 4.78 is 40.2. The monoisotopic (exact) mass is 742 g/mol. The predicted molar refractivity (Wildman–Crippen MR) is 167 cm³/mol. The van der Waals surface area contributed by atoms with Crippen molar-refractivity contribution in [2.45, 2.75) is 76.7 Å². The van der Waals surface area contributed by atoms with E-state index in [0.717, 1.165) is 42.1 Å². The fourth-order valence-corrected chi connectivity index (χ4v) is 8.67. The van der Waals surface area contributed by atoms with Gasteiger partial charge in [-0.25, -0.2) is 4.98 Å². The number of hydrogen-bond donors (Lipinski definition) is 4. The average molecular weight is 744 g/mol. The van der Waals surface area contributed by atoms with Crippen LogP contribution in [0.2, 0.25) is 0 Å². The van der Waals surface area contributed by atoms with E-state index in [1.807, 2.05) is 0 Å². The van der Waals surface area contributed by atoms with Gasteiger partial charge >= 0.3 is 6.18 Å². The second-order valence-corrected chi connectivity index (χ2v) is 14.1. The minimum Gasteiger partial charge on any atom is -0.351 e. The highest BCUT2D eigenvalue weighted by Gasteiger charge is 2.48. The van der Waals surface area contributed by atoms with E-state index < -0.39 is 68.6 Å². The van der Waals surface area contributed by atoms with Gasteiger partial charge in [0.1, 0.15) is 27.8 Å². The van der Waals surface area contributed by atoms with Crippen LogP contribution in [0.15, 0.2) is 27.7 Å². The largest absolute Gasteiger partial charge is 0.443 e. The first kappa shape index (κ1) is 34.7. The van der Waals surface area contributed by atoms with Crippen LogP contribution in [0.3, 0.4) is 0 Å². The second-order valence-electron chi connectivity index (χ2n) is 12.4. The third-order valence-electron chi connectivity index (χ3n) is 9.05. The highest BCUT2D eigenvalue weighted by Crippen LogP contribution is 2.53. The lowest BCUT2D eigenvalue weighted by atomic mass is 9.54. The molecule has 2 aromatic heterocycles. The molecule has 47 heavy (non-hydrogen) atoms. The Balaban J connectivity index is 1.27. The molecule has 4 aliphatic rings. The summed E-state index contributed by atoms with van der Waals surface area (Å²) in [6, 6.07) is 1.27. The minimum atomic E-state index is -4.82. The van der Waals surface area contributed by atoms with Gasteiger partial charge in [-0.15, -0.1) is 11.3 Å². The van der Waals surface area contributed by atoms with Crippen molar-refractivity contribution in [3.05, 3.63) is 43.2 Å². The van der Waals surface area contributed by atoms with Gasteiger partial charge in [0.25, 0.3) is 17.4 Å². The number of hydrogen-bond acceptors (Lipinski definition) is 8. The lowest BCUT2D eigenvalue weighted by Crippen LogP contribution is -2.56. The van der Waals surface area contributed by atoms with Crippen molar-refractivity contribution in [1.82, 2.24) is 25.5 Å². The van der Waals surface area contributed by atoms with Gasteiger partial charge in [-0.1, -0.05) is 0 Å². The fraction of sp³-hybridized carbons (Fsp3) is 0.567. The number of nitrogens with one attached hydrogen (secondary N) is 4. The van der Waals surface area contributed by atoms with Gasteiger partial charge in [0.05, 0.1) is 0 Å². The summed E-state index contributed by atoms with van der Waals surface area (Å²) in [6.45, 7) is 1.49. The molecule has 0 aromatic carbocycles.